The molecular weight excluding hydrogens is 288 g/mol. The predicted octanol–water partition coefficient (Wildman–Crippen LogP) is 4.83. The lowest BCUT2D eigenvalue weighted by molar-refractivity contribution is 0.241. The van der Waals surface area contributed by atoms with Gasteiger partial charge in [0.2, 0.25) is 0 Å². The van der Waals surface area contributed by atoms with Crippen molar-refractivity contribution >= 4 is 15.9 Å². The molecule has 0 aliphatic heterocycles. The molecule has 2 aromatic carbocycles. The van der Waals surface area contributed by atoms with E-state index in [1.165, 1.54) is 11.1 Å². The molecule has 0 saturated heterocycles. The summed E-state index contributed by atoms with van der Waals surface area (Å²) < 4.78 is 6.72. The minimum atomic E-state index is 0.196. The van der Waals surface area contributed by atoms with Crippen molar-refractivity contribution in [3.8, 4) is 5.75 Å². The van der Waals surface area contributed by atoms with Crippen LogP contribution in [0.2, 0.25) is 0 Å². The van der Waals surface area contributed by atoms with E-state index in [9.17, 15) is 0 Å². The molecule has 0 atom stereocenters. The Balaban J connectivity index is 2.14. The van der Waals surface area contributed by atoms with Crippen molar-refractivity contribution in [3.63, 3.8) is 0 Å². The number of benzene rings is 2. The molecular formula is C16H17BrO. The van der Waals surface area contributed by atoms with Crippen LogP contribution in [0.3, 0.4) is 0 Å². The fourth-order valence-electron chi connectivity index (χ4n) is 1.84. The molecule has 0 aliphatic carbocycles. The maximum Gasteiger partial charge on any atom is 0.133 e. The molecule has 1 nitrogen and oxygen atoms in total. The van der Waals surface area contributed by atoms with Crippen LogP contribution in [0, 0.1) is 0 Å². The molecule has 0 bridgehead atoms. The minimum absolute atomic E-state index is 0.196. The van der Waals surface area contributed by atoms with Crippen molar-refractivity contribution in [2.24, 2.45) is 0 Å². The number of hydrogen-bond acceptors (Lipinski definition) is 1. The fraction of sp³-hybridized carbons (Fsp3) is 0.250. The third-order valence-corrected chi connectivity index (χ3v) is 3.23. The third-order valence-electron chi connectivity index (χ3n) is 2.61. The van der Waals surface area contributed by atoms with Gasteiger partial charge in [0, 0.05) is 0 Å². The molecule has 0 aromatic heterocycles. The highest BCUT2D eigenvalue weighted by molar-refractivity contribution is 9.10. The molecule has 0 unspecified atom stereocenters. The zero-order chi connectivity index (χ0) is 13.0. The predicted molar refractivity (Wildman–Crippen MR) is 79.2 cm³/mol. The Labute approximate surface area is 117 Å². The number of rotatable bonds is 4. The third kappa shape index (κ3) is 3.61. The van der Waals surface area contributed by atoms with Gasteiger partial charge in [-0.2, -0.15) is 0 Å². The molecule has 2 rings (SSSR count). The van der Waals surface area contributed by atoms with Crippen molar-refractivity contribution in [2.75, 3.05) is 0 Å². The van der Waals surface area contributed by atoms with Crippen LogP contribution in [0.25, 0.3) is 0 Å². The van der Waals surface area contributed by atoms with Crippen LogP contribution < -0.4 is 4.74 Å². The van der Waals surface area contributed by atoms with Crippen molar-refractivity contribution in [3.05, 3.63) is 64.1 Å². The highest BCUT2D eigenvalue weighted by atomic mass is 79.9. The molecule has 0 heterocycles. The molecule has 0 spiro atoms. The molecule has 0 aliphatic rings. The molecule has 0 N–H and O–H groups in total. The number of halogens is 1. The topological polar surface area (TPSA) is 9.23 Å². The summed E-state index contributed by atoms with van der Waals surface area (Å²) in [6.45, 7) is 4.06. The van der Waals surface area contributed by atoms with Crippen LogP contribution in [-0.4, -0.2) is 6.10 Å². The van der Waals surface area contributed by atoms with E-state index in [2.05, 4.69) is 52.3 Å². The maximum absolute atomic E-state index is 5.70. The van der Waals surface area contributed by atoms with Crippen LogP contribution in [0.1, 0.15) is 25.0 Å². The van der Waals surface area contributed by atoms with Crippen LogP contribution in [-0.2, 0) is 6.42 Å². The molecule has 0 fully saturated rings. The monoisotopic (exact) mass is 304 g/mol. The Bertz CT molecular complexity index is 506. The lowest BCUT2D eigenvalue weighted by Gasteiger charge is -2.12. The Morgan fingerprint density at radius 2 is 1.72 bits per heavy atom. The quantitative estimate of drug-likeness (QED) is 0.786. The van der Waals surface area contributed by atoms with Crippen molar-refractivity contribution in [1.29, 1.82) is 0 Å². The summed E-state index contributed by atoms with van der Waals surface area (Å²) in [6, 6.07) is 16.8. The second-order valence-corrected chi connectivity index (χ2v) is 5.45. The van der Waals surface area contributed by atoms with E-state index in [1.54, 1.807) is 0 Å². The standard InChI is InChI=1S/C16H17BrO/c1-12(2)18-16-9-8-14(11-15(16)17)10-13-6-4-3-5-7-13/h3-9,11-12H,10H2,1-2H3. The summed E-state index contributed by atoms with van der Waals surface area (Å²) in [5.41, 5.74) is 2.60. The maximum atomic E-state index is 5.70. The van der Waals surface area contributed by atoms with Crippen LogP contribution in [0.15, 0.2) is 53.0 Å². The van der Waals surface area contributed by atoms with Gasteiger partial charge in [0.25, 0.3) is 0 Å². The van der Waals surface area contributed by atoms with Crippen LogP contribution >= 0.6 is 15.9 Å². The molecule has 0 saturated carbocycles. The van der Waals surface area contributed by atoms with Gasteiger partial charge in [-0.05, 0) is 59.5 Å². The summed E-state index contributed by atoms with van der Waals surface area (Å²) >= 11 is 3.56. The average Bonchev–Trinajstić information content (AvgIpc) is 2.33. The number of hydrogen-bond donors (Lipinski definition) is 0. The highest BCUT2D eigenvalue weighted by Crippen LogP contribution is 2.27. The van der Waals surface area contributed by atoms with Gasteiger partial charge in [0.1, 0.15) is 5.75 Å². The normalized spacial score (nSPS) is 10.7. The number of ether oxygens (including phenoxy) is 1. The van der Waals surface area contributed by atoms with Crippen molar-refractivity contribution < 1.29 is 4.74 Å². The summed E-state index contributed by atoms with van der Waals surface area (Å²) in [5.74, 6) is 0.904. The zero-order valence-electron chi connectivity index (χ0n) is 10.7. The first-order valence-corrected chi connectivity index (χ1v) is 6.93. The lowest BCUT2D eigenvalue weighted by atomic mass is 10.1. The zero-order valence-corrected chi connectivity index (χ0v) is 12.3. The second kappa shape index (κ2) is 6.05. The van der Waals surface area contributed by atoms with Gasteiger partial charge in [-0.1, -0.05) is 36.4 Å². The molecule has 2 aromatic rings. The Hall–Kier alpha value is -1.28. The first-order valence-electron chi connectivity index (χ1n) is 6.14. The van der Waals surface area contributed by atoms with Crippen molar-refractivity contribution in [2.45, 2.75) is 26.4 Å². The van der Waals surface area contributed by atoms with Gasteiger partial charge < -0.3 is 4.74 Å². The average molecular weight is 305 g/mol. The van der Waals surface area contributed by atoms with E-state index < -0.39 is 0 Å². The first kappa shape index (κ1) is 13.2. The van der Waals surface area contributed by atoms with E-state index in [1.807, 2.05) is 26.0 Å². The molecule has 2 heteroatoms. The minimum Gasteiger partial charge on any atom is -0.490 e. The Morgan fingerprint density at radius 1 is 1.00 bits per heavy atom. The summed E-state index contributed by atoms with van der Waals surface area (Å²) in [6.07, 6.45) is 1.14. The van der Waals surface area contributed by atoms with Gasteiger partial charge in [0.15, 0.2) is 0 Å². The van der Waals surface area contributed by atoms with E-state index in [-0.39, 0.29) is 6.10 Å². The summed E-state index contributed by atoms with van der Waals surface area (Å²) in [7, 11) is 0. The molecule has 94 valence electrons. The second-order valence-electron chi connectivity index (χ2n) is 4.59. The van der Waals surface area contributed by atoms with Gasteiger partial charge in [-0.25, -0.2) is 0 Å². The summed E-state index contributed by atoms with van der Waals surface area (Å²) in [4.78, 5) is 0. The Morgan fingerprint density at radius 3 is 2.33 bits per heavy atom. The molecule has 0 radical (unpaired) electrons. The smallest absolute Gasteiger partial charge is 0.133 e. The van der Waals surface area contributed by atoms with Crippen molar-refractivity contribution in [1.82, 2.24) is 0 Å². The molecule has 0 amide bonds. The largest absolute Gasteiger partial charge is 0.490 e. The van der Waals surface area contributed by atoms with E-state index in [0.29, 0.717) is 0 Å². The fourth-order valence-corrected chi connectivity index (χ4v) is 2.36. The SMILES string of the molecule is CC(C)Oc1ccc(Cc2ccccc2)cc1Br. The molecule has 18 heavy (non-hydrogen) atoms. The lowest BCUT2D eigenvalue weighted by Crippen LogP contribution is -2.06. The highest BCUT2D eigenvalue weighted by Gasteiger charge is 2.05. The van der Waals surface area contributed by atoms with Crippen LogP contribution in [0.4, 0.5) is 0 Å². The van der Waals surface area contributed by atoms with Gasteiger partial charge >= 0.3 is 0 Å². The first-order chi connectivity index (χ1) is 8.65. The summed E-state index contributed by atoms with van der Waals surface area (Å²) in [5, 5.41) is 0. The van der Waals surface area contributed by atoms with Gasteiger partial charge in [-0.15, -0.1) is 0 Å². The van der Waals surface area contributed by atoms with Crippen LogP contribution in [0.5, 0.6) is 5.75 Å². The van der Waals surface area contributed by atoms with E-state index >= 15 is 0 Å². The Kier molecular flexibility index (Phi) is 4.43. The van der Waals surface area contributed by atoms with Gasteiger partial charge in [-0.3, -0.25) is 0 Å². The van der Waals surface area contributed by atoms with E-state index in [0.717, 1.165) is 16.6 Å². The van der Waals surface area contributed by atoms with Gasteiger partial charge in [0.05, 0.1) is 10.6 Å². The van der Waals surface area contributed by atoms with E-state index in [4.69, 9.17) is 4.74 Å².